The fourth-order valence-electron chi connectivity index (χ4n) is 3.26. The Morgan fingerprint density at radius 3 is 2.90 bits per heavy atom. The van der Waals surface area contributed by atoms with E-state index in [9.17, 15) is 8.42 Å². The molecule has 0 aliphatic carbocycles. The second kappa shape index (κ2) is 6.09. The number of alkyl halides is 1. The number of thiophene rings is 1. The van der Waals surface area contributed by atoms with E-state index in [4.69, 9.17) is 11.6 Å². The van der Waals surface area contributed by atoms with E-state index in [0.29, 0.717) is 27.1 Å². The number of rotatable bonds is 3. The predicted octanol–water partition coefficient (Wildman–Crippen LogP) is 3.11. The Bertz CT molecular complexity index is 634. The van der Waals surface area contributed by atoms with Gasteiger partial charge in [0, 0.05) is 30.1 Å². The van der Waals surface area contributed by atoms with Crippen molar-refractivity contribution in [1.82, 2.24) is 9.21 Å². The van der Waals surface area contributed by atoms with Gasteiger partial charge in [-0.3, -0.25) is 4.90 Å². The average Bonchev–Trinajstić information content (AvgIpc) is 3.03. The number of piperazine rings is 1. The molecule has 2 fully saturated rings. The first kappa shape index (κ1) is 16.2. The zero-order chi connectivity index (χ0) is 15.2. The van der Waals surface area contributed by atoms with Crippen LogP contribution in [0.5, 0.6) is 0 Å². The van der Waals surface area contributed by atoms with Crippen LogP contribution in [0.1, 0.15) is 24.6 Å². The van der Waals surface area contributed by atoms with E-state index in [1.165, 1.54) is 17.8 Å². The van der Waals surface area contributed by atoms with Gasteiger partial charge in [0.15, 0.2) is 0 Å². The van der Waals surface area contributed by atoms with E-state index in [-0.39, 0.29) is 6.04 Å². The van der Waals surface area contributed by atoms with Gasteiger partial charge in [0.2, 0.25) is 10.0 Å². The highest BCUT2D eigenvalue weighted by molar-refractivity contribution is 9.11. The number of sulfonamides is 1. The Morgan fingerprint density at radius 1 is 1.48 bits per heavy atom. The summed E-state index contributed by atoms with van der Waals surface area (Å²) in [6.07, 6.45) is 2.26. The van der Waals surface area contributed by atoms with Crippen molar-refractivity contribution in [2.75, 3.05) is 19.6 Å². The van der Waals surface area contributed by atoms with E-state index in [2.05, 4.69) is 20.8 Å². The van der Waals surface area contributed by atoms with Crippen molar-refractivity contribution in [2.24, 2.45) is 0 Å². The van der Waals surface area contributed by atoms with E-state index in [1.807, 2.05) is 6.92 Å². The van der Waals surface area contributed by atoms with Crippen LogP contribution in [-0.4, -0.2) is 49.3 Å². The van der Waals surface area contributed by atoms with E-state index >= 15 is 0 Å². The van der Waals surface area contributed by atoms with Crippen molar-refractivity contribution in [2.45, 2.75) is 42.6 Å². The molecule has 8 heteroatoms. The van der Waals surface area contributed by atoms with Gasteiger partial charge < -0.3 is 0 Å². The third-order valence-electron chi connectivity index (χ3n) is 4.30. The van der Waals surface area contributed by atoms with E-state index in [1.54, 1.807) is 10.4 Å². The molecule has 2 saturated heterocycles. The molecule has 1 aromatic heterocycles. The monoisotopic (exact) mass is 412 g/mol. The summed E-state index contributed by atoms with van der Waals surface area (Å²) in [4.78, 5) is 3.65. The number of halogens is 2. The number of hydrogen-bond acceptors (Lipinski definition) is 4. The Hall–Kier alpha value is 0.340. The molecule has 4 nitrogen and oxygen atoms in total. The summed E-state index contributed by atoms with van der Waals surface area (Å²) >= 11 is 10.6. The molecule has 3 rings (SSSR count). The van der Waals surface area contributed by atoms with E-state index in [0.717, 1.165) is 24.4 Å². The molecule has 21 heavy (non-hydrogen) atoms. The quantitative estimate of drug-likeness (QED) is 0.715. The van der Waals surface area contributed by atoms with Crippen molar-refractivity contribution < 1.29 is 8.42 Å². The maximum atomic E-state index is 13.0. The Labute approximate surface area is 143 Å². The normalized spacial score (nSPS) is 28.0. The third-order valence-corrected chi connectivity index (χ3v) is 8.98. The molecule has 0 aromatic carbocycles. The van der Waals surface area contributed by atoms with Crippen LogP contribution in [-0.2, 0) is 15.9 Å². The molecule has 2 atom stereocenters. The average molecular weight is 414 g/mol. The highest BCUT2D eigenvalue weighted by Gasteiger charge is 2.41. The van der Waals surface area contributed by atoms with Crippen LogP contribution in [0.25, 0.3) is 0 Å². The lowest BCUT2D eigenvalue weighted by molar-refractivity contribution is 0.117. The minimum atomic E-state index is -3.46. The van der Waals surface area contributed by atoms with Gasteiger partial charge in [0.25, 0.3) is 0 Å². The van der Waals surface area contributed by atoms with Crippen LogP contribution in [0.4, 0.5) is 0 Å². The lowest BCUT2D eigenvalue weighted by atomic mass is 10.1. The fourth-order valence-corrected chi connectivity index (χ4v) is 7.65. The molecule has 2 aliphatic rings. The SMILES string of the molecule is CC1CN2CCCC2CN1S(=O)(=O)c1cc(CCl)sc1Br. The lowest BCUT2D eigenvalue weighted by Crippen LogP contribution is -2.56. The second-order valence-corrected chi connectivity index (χ2v) is 10.3. The highest BCUT2D eigenvalue weighted by atomic mass is 79.9. The van der Waals surface area contributed by atoms with Crippen LogP contribution in [0, 0.1) is 0 Å². The molecule has 0 amide bonds. The Morgan fingerprint density at radius 2 is 2.24 bits per heavy atom. The van der Waals surface area contributed by atoms with Crippen molar-refractivity contribution in [3.63, 3.8) is 0 Å². The molecule has 2 unspecified atom stereocenters. The van der Waals surface area contributed by atoms with Crippen LogP contribution < -0.4 is 0 Å². The second-order valence-electron chi connectivity index (χ2n) is 5.70. The summed E-state index contributed by atoms with van der Waals surface area (Å²) in [5.74, 6) is 0.338. The van der Waals surface area contributed by atoms with Crippen LogP contribution in [0.3, 0.4) is 0 Å². The summed E-state index contributed by atoms with van der Waals surface area (Å²) in [5.41, 5.74) is 0. The molecule has 0 spiro atoms. The molecule has 0 bridgehead atoms. The van der Waals surface area contributed by atoms with Crippen molar-refractivity contribution in [1.29, 1.82) is 0 Å². The standard InChI is InChI=1S/C13H18BrClN2O2S2/c1-9-7-16-4-2-3-10(16)8-17(9)21(18,19)12-5-11(6-15)20-13(12)14/h5,9-10H,2-4,6-8H2,1H3. The van der Waals surface area contributed by atoms with Crippen LogP contribution in [0.2, 0.25) is 0 Å². The molecule has 3 heterocycles. The van der Waals surface area contributed by atoms with Gasteiger partial charge in [-0.2, -0.15) is 4.31 Å². The van der Waals surface area contributed by atoms with Gasteiger partial charge in [-0.15, -0.1) is 22.9 Å². The first-order valence-electron chi connectivity index (χ1n) is 7.03. The minimum absolute atomic E-state index is 0.00982. The van der Waals surface area contributed by atoms with Crippen LogP contribution >= 0.6 is 38.9 Å². The van der Waals surface area contributed by atoms with Gasteiger partial charge in [-0.25, -0.2) is 8.42 Å². The maximum Gasteiger partial charge on any atom is 0.245 e. The molecular weight excluding hydrogens is 396 g/mol. The van der Waals surface area contributed by atoms with E-state index < -0.39 is 10.0 Å². The molecule has 0 N–H and O–H groups in total. The predicted molar refractivity (Wildman–Crippen MR) is 89.5 cm³/mol. The molecule has 2 aliphatic heterocycles. The minimum Gasteiger partial charge on any atom is -0.297 e. The number of nitrogens with zero attached hydrogens (tertiary/aromatic N) is 2. The number of hydrogen-bond donors (Lipinski definition) is 0. The summed E-state index contributed by atoms with van der Waals surface area (Å²) in [6.45, 7) is 4.52. The van der Waals surface area contributed by atoms with Crippen molar-refractivity contribution in [3.05, 3.63) is 14.7 Å². The smallest absolute Gasteiger partial charge is 0.245 e. The highest BCUT2D eigenvalue weighted by Crippen LogP contribution is 2.36. The largest absolute Gasteiger partial charge is 0.297 e. The number of fused-ring (bicyclic) bond motifs is 1. The van der Waals surface area contributed by atoms with Crippen molar-refractivity contribution >= 4 is 48.9 Å². The molecule has 1 aromatic rings. The van der Waals surface area contributed by atoms with Gasteiger partial charge in [0.1, 0.15) is 4.90 Å². The molecule has 0 radical (unpaired) electrons. The summed E-state index contributed by atoms with van der Waals surface area (Å²) in [7, 11) is -3.46. The molecule has 118 valence electrons. The van der Waals surface area contributed by atoms with Crippen LogP contribution in [0.15, 0.2) is 14.7 Å². The van der Waals surface area contributed by atoms with Gasteiger partial charge in [0.05, 0.1) is 9.67 Å². The van der Waals surface area contributed by atoms with Gasteiger partial charge in [-0.05, 0) is 48.3 Å². The zero-order valence-corrected chi connectivity index (χ0v) is 15.7. The third kappa shape index (κ3) is 2.93. The molecule has 0 saturated carbocycles. The first-order chi connectivity index (χ1) is 9.93. The summed E-state index contributed by atoms with van der Waals surface area (Å²) in [5, 5.41) is 0. The van der Waals surface area contributed by atoms with Gasteiger partial charge >= 0.3 is 0 Å². The summed E-state index contributed by atoms with van der Waals surface area (Å²) < 4.78 is 28.3. The van der Waals surface area contributed by atoms with Crippen molar-refractivity contribution in [3.8, 4) is 0 Å². The first-order valence-corrected chi connectivity index (χ1v) is 10.6. The zero-order valence-electron chi connectivity index (χ0n) is 11.8. The molecular formula is C13H18BrClN2O2S2. The Kier molecular flexibility index (Phi) is 4.70. The Balaban J connectivity index is 1.91. The van der Waals surface area contributed by atoms with Gasteiger partial charge in [-0.1, -0.05) is 0 Å². The lowest BCUT2D eigenvalue weighted by Gasteiger charge is -2.41. The topological polar surface area (TPSA) is 40.6 Å². The fraction of sp³-hybridized carbons (Fsp3) is 0.692. The maximum absolute atomic E-state index is 13.0. The summed E-state index contributed by atoms with van der Waals surface area (Å²) in [6, 6.07) is 2.08.